The first-order valence-electron chi connectivity index (χ1n) is 8.15. The molecule has 4 rings (SSSR count). The molecular formula is C20H17FN4O. The van der Waals surface area contributed by atoms with E-state index >= 15 is 0 Å². The van der Waals surface area contributed by atoms with Gasteiger partial charge in [-0.1, -0.05) is 12.1 Å². The van der Waals surface area contributed by atoms with Gasteiger partial charge in [0.15, 0.2) is 0 Å². The molecule has 1 N–H and O–H groups in total. The zero-order chi connectivity index (χ0) is 18.1. The molecule has 0 amide bonds. The predicted molar refractivity (Wildman–Crippen MR) is 99.8 cm³/mol. The van der Waals surface area contributed by atoms with Crippen molar-refractivity contribution in [2.75, 3.05) is 7.11 Å². The number of imidazole rings is 2. The van der Waals surface area contributed by atoms with Gasteiger partial charge in [-0.15, -0.1) is 0 Å². The molecule has 0 aliphatic rings. The second-order valence-corrected chi connectivity index (χ2v) is 5.97. The highest BCUT2D eigenvalue weighted by Crippen LogP contribution is 2.25. The van der Waals surface area contributed by atoms with Crippen molar-refractivity contribution in [3.05, 3.63) is 71.8 Å². The van der Waals surface area contributed by atoms with Crippen LogP contribution in [-0.2, 0) is 0 Å². The van der Waals surface area contributed by atoms with Gasteiger partial charge in [-0.05, 0) is 48.9 Å². The summed E-state index contributed by atoms with van der Waals surface area (Å²) in [5.41, 5.74) is 4.23. The normalized spacial score (nSPS) is 11.5. The van der Waals surface area contributed by atoms with Gasteiger partial charge in [-0.2, -0.15) is 0 Å². The third-order valence-electron chi connectivity index (χ3n) is 4.09. The number of hydrogen-bond donors (Lipinski definition) is 1. The fourth-order valence-corrected chi connectivity index (χ4v) is 2.82. The van der Waals surface area contributed by atoms with Crippen molar-refractivity contribution < 1.29 is 9.13 Å². The topological polar surface area (TPSA) is 55.7 Å². The van der Waals surface area contributed by atoms with Crippen LogP contribution in [0, 0.1) is 12.7 Å². The molecule has 5 nitrogen and oxygen atoms in total. The van der Waals surface area contributed by atoms with Crippen LogP contribution in [0.2, 0.25) is 0 Å². The lowest BCUT2D eigenvalue weighted by Crippen LogP contribution is -1.95. The van der Waals surface area contributed by atoms with Gasteiger partial charge < -0.3 is 14.3 Å². The van der Waals surface area contributed by atoms with E-state index in [0.717, 1.165) is 28.2 Å². The Morgan fingerprint density at radius 3 is 2.81 bits per heavy atom. The molecule has 2 heterocycles. The number of hydrogen-bond acceptors (Lipinski definition) is 3. The predicted octanol–water partition coefficient (Wildman–Crippen LogP) is 4.38. The van der Waals surface area contributed by atoms with Gasteiger partial charge in [-0.25, -0.2) is 14.4 Å². The van der Waals surface area contributed by atoms with Gasteiger partial charge in [0.2, 0.25) is 0 Å². The molecule has 0 saturated carbocycles. The fraction of sp³-hybridized carbons (Fsp3) is 0.100. The smallest absolute Gasteiger partial charge is 0.143 e. The number of H-pyrrole nitrogens is 1. The van der Waals surface area contributed by atoms with Crippen molar-refractivity contribution in [3.63, 3.8) is 0 Å². The molecular weight excluding hydrogens is 331 g/mol. The van der Waals surface area contributed by atoms with Crippen molar-refractivity contribution in [1.82, 2.24) is 19.5 Å². The molecule has 0 radical (unpaired) electrons. The quantitative estimate of drug-likeness (QED) is 0.596. The number of fused-ring (bicyclic) bond motifs is 1. The second kappa shape index (κ2) is 6.48. The molecule has 0 aliphatic carbocycles. The number of aryl methyl sites for hydroxylation is 1. The minimum Gasteiger partial charge on any atom is -0.495 e. The van der Waals surface area contributed by atoms with Gasteiger partial charge in [-0.3, -0.25) is 0 Å². The van der Waals surface area contributed by atoms with Crippen LogP contribution in [0.3, 0.4) is 0 Å². The highest BCUT2D eigenvalue weighted by molar-refractivity contribution is 5.79. The lowest BCUT2D eigenvalue weighted by Gasteiger charge is -2.09. The van der Waals surface area contributed by atoms with E-state index in [-0.39, 0.29) is 5.82 Å². The Balaban J connectivity index is 1.63. The van der Waals surface area contributed by atoms with Crippen LogP contribution in [0.15, 0.2) is 48.9 Å². The van der Waals surface area contributed by atoms with Crippen molar-refractivity contribution in [2.24, 2.45) is 0 Å². The first-order chi connectivity index (χ1) is 12.6. The average molecular weight is 348 g/mol. The summed E-state index contributed by atoms with van der Waals surface area (Å²) in [6.07, 6.45) is 7.49. The number of nitrogens with one attached hydrogen (secondary N) is 1. The van der Waals surface area contributed by atoms with E-state index in [4.69, 9.17) is 4.74 Å². The summed E-state index contributed by atoms with van der Waals surface area (Å²) in [5.74, 6) is 1.13. The van der Waals surface area contributed by atoms with E-state index in [1.165, 1.54) is 12.1 Å². The van der Waals surface area contributed by atoms with E-state index in [0.29, 0.717) is 11.3 Å². The van der Waals surface area contributed by atoms with E-state index < -0.39 is 0 Å². The van der Waals surface area contributed by atoms with E-state index in [1.807, 2.05) is 48.0 Å². The lowest BCUT2D eigenvalue weighted by molar-refractivity contribution is 0.413. The zero-order valence-corrected chi connectivity index (χ0v) is 14.4. The fourth-order valence-electron chi connectivity index (χ4n) is 2.82. The molecule has 0 spiro atoms. The number of benzene rings is 2. The Bertz CT molecular complexity index is 1110. The third kappa shape index (κ3) is 3.09. The summed E-state index contributed by atoms with van der Waals surface area (Å²) < 4.78 is 20.7. The standard InChI is InChI=1S/C20H17FN4O/c1-13-11-25(12-22-13)18-7-3-14(9-19(18)26-2)4-8-20-23-16-6-5-15(21)10-17(16)24-20/h3-12H,1-2H3,(H,23,24)/b8-4+. The Morgan fingerprint density at radius 2 is 2.04 bits per heavy atom. The number of nitrogens with zero attached hydrogens (tertiary/aromatic N) is 3. The Labute approximate surface area is 149 Å². The minimum absolute atomic E-state index is 0.285. The highest BCUT2D eigenvalue weighted by atomic mass is 19.1. The molecule has 4 aromatic rings. The number of ether oxygens (including phenoxy) is 1. The largest absolute Gasteiger partial charge is 0.495 e. The average Bonchev–Trinajstić information content (AvgIpc) is 3.25. The van der Waals surface area contributed by atoms with Crippen molar-refractivity contribution in [2.45, 2.75) is 6.92 Å². The van der Waals surface area contributed by atoms with Crippen LogP contribution < -0.4 is 4.74 Å². The monoisotopic (exact) mass is 348 g/mol. The highest BCUT2D eigenvalue weighted by Gasteiger charge is 2.07. The second-order valence-electron chi connectivity index (χ2n) is 5.97. The summed E-state index contributed by atoms with van der Waals surface area (Å²) in [4.78, 5) is 11.8. The minimum atomic E-state index is -0.285. The molecule has 130 valence electrons. The molecule has 26 heavy (non-hydrogen) atoms. The molecule has 0 atom stereocenters. The molecule has 6 heteroatoms. The third-order valence-corrected chi connectivity index (χ3v) is 4.09. The van der Waals surface area contributed by atoms with Crippen LogP contribution in [-0.4, -0.2) is 26.6 Å². The summed E-state index contributed by atoms with van der Waals surface area (Å²) >= 11 is 0. The van der Waals surface area contributed by atoms with Crippen LogP contribution >= 0.6 is 0 Å². The Morgan fingerprint density at radius 1 is 1.15 bits per heavy atom. The number of halogens is 1. The first kappa shape index (κ1) is 16.1. The van der Waals surface area contributed by atoms with Crippen molar-refractivity contribution in [1.29, 1.82) is 0 Å². The number of aromatic nitrogens is 4. The van der Waals surface area contributed by atoms with Gasteiger partial charge in [0.1, 0.15) is 17.4 Å². The SMILES string of the molecule is COc1cc(/C=C/c2nc3ccc(F)cc3[nH]2)ccc1-n1cnc(C)c1. The molecule has 0 unspecified atom stereocenters. The van der Waals surface area contributed by atoms with Crippen LogP contribution in [0.25, 0.3) is 28.9 Å². The summed E-state index contributed by atoms with van der Waals surface area (Å²) in [6.45, 7) is 1.94. The first-order valence-corrected chi connectivity index (χ1v) is 8.15. The zero-order valence-electron chi connectivity index (χ0n) is 14.4. The maximum Gasteiger partial charge on any atom is 0.143 e. The van der Waals surface area contributed by atoms with Gasteiger partial charge in [0, 0.05) is 6.20 Å². The van der Waals surface area contributed by atoms with Gasteiger partial charge in [0.05, 0.1) is 35.9 Å². The van der Waals surface area contributed by atoms with Crippen LogP contribution in [0.1, 0.15) is 17.1 Å². The molecule has 0 saturated heterocycles. The maximum absolute atomic E-state index is 13.3. The molecule has 2 aromatic heterocycles. The Hall–Kier alpha value is -3.41. The number of rotatable bonds is 4. The van der Waals surface area contributed by atoms with Crippen molar-refractivity contribution >= 4 is 23.2 Å². The van der Waals surface area contributed by atoms with E-state index in [9.17, 15) is 4.39 Å². The molecule has 2 aromatic carbocycles. The van der Waals surface area contributed by atoms with Crippen LogP contribution in [0.4, 0.5) is 4.39 Å². The maximum atomic E-state index is 13.3. The summed E-state index contributed by atoms with van der Waals surface area (Å²) in [7, 11) is 1.64. The number of aromatic amines is 1. The molecule has 0 bridgehead atoms. The van der Waals surface area contributed by atoms with E-state index in [1.54, 1.807) is 19.5 Å². The summed E-state index contributed by atoms with van der Waals surface area (Å²) in [5, 5.41) is 0. The lowest BCUT2D eigenvalue weighted by atomic mass is 10.1. The van der Waals surface area contributed by atoms with Crippen molar-refractivity contribution in [3.8, 4) is 11.4 Å². The summed E-state index contributed by atoms with van der Waals surface area (Å²) in [6, 6.07) is 10.4. The molecule has 0 fully saturated rings. The van der Waals surface area contributed by atoms with E-state index in [2.05, 4.69) is 15.0 Å². The van der Waals surface area contributed by atoms with Gasteiger partial charge in [0.25, 0.3) is 0 Å². The number of methoxy groups -OCH3 is 1. The van der Waals surface area contributed by atoms with Crippen LogP contribution in [0.5, 0.6) is 5.75 Å². The van der Waals surface area contributed by atoms with Gasteiger partial charge >= 0.3 is 0 Å². The Kier molecular flexibility index (Phi) is 4.01. The molecule has 0 aliphatic heterocycles.